The van der Waals surface area contributed by atoms with Gasteiger partial charge < -0.3 is 10.5 Å². The molecule has 2 aromatic heterocycles. The summed E-state index contributed by atoms with van der Waals surface area (Å²) in [6, 6.07) is 13.5. The van der Waals surface area contributed by atoms with Gasteiger partial charge in [0, 0.05) is 11.8 Å². The maximum atomic E-state index is 6.14. The fraction of sp³-hybridized carbons (Fsp3) is 0.0714. The molecule has 3 aromatic rings. The lowest BCUT2D eigenvalue weighted by atomic mass is 10.1. The summed E-state index contributed by atoms with van der Waals surface area (Å²) in [5, 5.41) is 0. The smallest absolute Gasteiger partial charge is 0.139 e. The van der Waals surface area contributed by atoms with Crippen LogP contribution in [0.1, 0.15) is 0 Å². The van der Waals surface area contributed by atoms with Crippen molar-refractivity contribution in [1.82, 2.24) is 9.38 Å². The minimum atomic E-state index is 0.620. The lowest BCUT2D eigenvalue weighted by Gasteiger charge is -2.06. The largest absolute Gasteiger partial charge is 0.496 e. The summed E-state index contributed by atoms with van der Waals surface area (Å²) in [6.45, 7) is 0. The second-order valence-corrected chi connectivity index (χ2v) is 3.97. The first-order valence-electron chi connectivity index (χ1n) is 5.67. The second kappa shape index (κ2) is 4.07. The van der Waals surface area contributed by atoms with Crippen molar-refractivity contribution in [3.8, 4) is 17.0 Å². The summed E-state index contributed by atoms with van der Waals surface area (Å²) >= 11 is 0. The number of hydrogen-bond acceptors (Lipinski definition) is 3. The van der Waals surface area contributed by atoms with Crippen molar-refractivity contribution in [3.05, 3.63) is 48.7 Å². The summed E-state index contributed by atoms with van der Waals surface area (Å²) < 4.78 is 7.21. The normalized spacial score (nSPS) is 10.7. The van der Waals surface area contributed by atoms with Gasteiger partial charge >= 0.3 is 0 Å². The van der Waals surface area contributed by atoms with Crippen LogP contribution in [0.5, 0.6) is 5.75 Å². The van der Waals surface area contributed by atoms with E-state index in [1.165, 1.54) is 0 Å². The van der Waals surface area contributed by atoms with Crippen LogP contribution >= 0.6 is 0 Å². The Balaban J connectivity index is 2.28. The van der Waals surface area contributed by atoms with Gasteiger partial charge in [-0.25, -0.2) is 4.98 Å². The van der Waals surface area contributed by atoms with Gasteiger partial charge in [-0.2, -0.15) is 0 Å². The molecular formula is C14H13N3O. The van der Waals surface area contributed by atoms with E-state index in [4.69, 9.17) is 10.5 Å². The first-order chi connectivity index (χ1) is 8.81. The first-order valence-corrected chi connectivity index (χ1v) is 5.67. The Morgan fingerprint density at radius 1 is 1.11 bits per heavy atom. The molecule has 4 nitrogen and oxygen atoms in total. The molecule has 4 heteroatoms. The van der Waals surface area contributed by atoms with E-state index in [2.05, 4.69) is 4.98 Å². The van der Waals surface area contributed by atoms with Crippen LogP contribution in [0.3, 0.4) is 0 Å². The topological polar surface area (TPSA) is 52.5 Å². The van der Waals surface area contributed by atoms with Crippen molar-refractivity contribution in [2.45, 2.75) is 0 Å². The van der Waals surface area contributed by atoms with Crippen LogP contribution in [0.25, 0.3) is 16.9 Å². The molecule has 2 heterocycles. The average Bonchev–Trinajstić information content (AvgIpc) is 2.76. The van der Waals surface area contributed by atoms with Gasteiger partial charge in [-0.05, 0) is 24.3 Å². The lowest BCUT2D eigenvalue weighted by Crippen LogP contribution is -1.94. The summed E-state index contributed by atoms with van der Waals surface area (Å²) in [6.07, 6.45) is 1.90. The van der Waals surface area contributed by atoms with E-state index < -0.39 is 0 Å². The van der Waals surface area contributed by atoms with Gasteiger partial charge in [0.1, 0.15) is 22.9 Å². The molecule has 0 bridgehead atoms. The Morgan fingerprint density at radius 3 is 2.67 bits per heavy atom. The highest BCUT2D eigenvalue weighted by Crippen LogP contribution is 2.33. The maximum absolute atomic E-state index is 6.14. The highest BCUT2D eigenvalue weighted by atomic mass is 16.5. The van der Waals surface area contributed by atoms with Crippen molar-refractivity contribution in [2.24, 2.45) is 0 Å². The number of anilines is 1. The van der Waals surface area contributed by atoms with E-state index in [0.717, 1.165) is 22.7 Å². The third kappa shape index (κ3) is 1.50. The molecular weight excluding hydrogens is 226 g/mol. The number of benzene rings is 1. The molecule has 0 aliphatic carbocycles. The van der Waals surface area contributed by atoms with Crippen molar-refractivity contribution in [2.75, 3.05) is 12.8 Å². The maximum Gasteiger partial charge on any atom is 0.139 e. The van der Waals surface area contributed by atoms with Crippen molar-refractivity contribution in [1.29, 1.82) is 0 Å². The van der Waals surface area contributed by atoms with Crippen molar-refractivity contribution < 1.29 is 4.74 Å². The molecule has 0 saturated heterocycles. The first kappa shape index (κ1) is 10.7. The van der Waals surface area contributed by atoms with Gasteiger partial charge in [0.2, 0.25) is 0 Å². The van der Waals surface area contributed by atoms with Crippen LogP contribution in [-0.2, 0) is 0 Å². The number of methoxy groups -OCH3 is 1. The van der Waals surface area contributed by atoms with E-state index in [1.807, 2.05) is 53.1 Å². The minimum Gasteiger partial charge on any atom is -0.496 e. The molecule has 2 N–H and O–H groups in total. The third-order valence-electron chi connectivity index (χ3n) is 2.93. The zero-order valence-corrected chi connectivity index (χ0v) is 10.00. The fourth-order valence-electron chi connectivity index (χ4n) is 2.05. The number of rotatable bonds is 2. The Hall–Kier alpha value is -2.49. The Morgan fingerprint density at radius 2 is 1.89 bits per heavy atom. The number of ether oxygens (including phenoxy) is 1. The molecule has 1 aromatic carbocycles. The summed E-state index contributed by atoms with van der Waals surface area (Å²) in [7, 11) is 1.64. The number of imidazole rings is 1. The number of nitrogens with zero attached hydrogens (tertiary/aromatic N) is 2. The van der Waals surface area contributed by atoms with E-state index in [-0.39, 0.29) is 0 Å². The Labute approximate surface area is 105 Å². The van der Waals surface area contributed by atoms with E-state index in [1.54, 1.807) is 7.11 Å². The fourth-order valence-corrected chi connectivity index (χ4v) is 2.05. The number of fused-ring (bicyclic) bond motifs is 1. The quantitative estimate of drug-likeness (QED) is 0.747. The summed E-state index contributed by atoms with van der Waals surface area (Å²) in [4.78, 5) is 4.55. The predicted molar refractivity (Wildman–Crippen MR) is 71.6 cm³/mol. The number of nitrogen functional groups attached to an aromatic ring is 1. The van der Waals surface area contributed by atoms with Gasteiger partial charge in [0.05, 0.1) is 7.11 Å². The van der Waals surface area contributed by atoms with Crippen LogP contribution in [0, 0.1) is 0 Å². The van der Waals surface area contributed by atoms with Gasteiger partial charge in [0.25, 0.3) is 0 Å². The SMILES string of the molecule is COc1ccccc1-c1nc2ccccn2c1N. The van der Waals surface area contributed by atoms with Gasteiger partial charge in [-0.15, -0.1) is 0 Å². The zero-order valence-electron chi connectivity index (χ0n) is 10.00. The molecule has 18 heavy (non-hydrogen) atoms. The summed E-state index contributed by atoms with van der Waals surface area (Å²) in [5.41, 5.74) is 8.62. The van der Waals surface area contributed by atoms with Gasteiger partial charge in [0.15, 0.2) is 0 Å². The van der Waals surface area contributed by atoms with E-state index in [0.29, 0.717) is 5.82 Å². The molecule has 0 atom stereocenters. The number of para-hydroxylation sites is 1. The molecule has 0 saturated carbocycles. The highest BCUT2D eigenvalue weighted by Gasteiger charge is 2.14. The van der Waals surface area contributed by atoms with Crippen LogP contribution in [0.4, 0.5) is 5.82 Å². The van der Waals surface area contributed by atoms with Crippen molar-refractivity contribution in [3.63, 3.8) is 0 Å². The monoisotopic (exact) mass is 239 g/mol. The predicted octanol–water partition coefficient (Wildman–Crippen LogP) is 2.59. The van der Waals surface area contributed by atoms with Crippen LogP contribution in [0.2, 0.25) is 0 Å². The molecule has 0 spiro atoms. The summed E-state index contributed by atoms with van der Waals surface area (Å²) in [5.74, 6) is 1.39. The zero-order chi connectivity index (χ0) is 12.5. The Kier molecular flexibility index (Phi) is 2.41. The molecule has 0 radical (unpaired) electrons. The molecule has 0 fully saturated rings. The number of aromatic nitrogens is 2. The molecule has 90 valence electrons. The van der Waals surface area contributed by atoms with Crippen LogP contribution in [-0.4, -0.2) is 16.5 Å². The van der Waals surface area contributed by atoms with E-state index >= 15 is 0 Å². The van der Waals surface area contributed by atoms with E-state index in [9.17, 15) is 0 Å². The van der Waals surface area contributed by atoms with Gasteiger partial charge in [-0.1, -0.05) is 18.2 Å². The molecule has 0 aliphatic heterocycles. The number of hydrogen-bond donors (Lipinski definition) is 1. The number of pyridine rings is 1. The number of nitrogens with two attached hydrogens (primary N) is 1. The molecule has 3 rings (SSSR count). The third-order valence-corrected chi connectivity index (χ3v) is 2.93. The standard InChI is InChI=1S/C14H13N3O/c1-18-11-7-3-2-6-10(11)13-14(15)17-9-5-4-8-12(17)16-13/h2-9H,15H2,1H3. The van der Waals surface area contributed by atoms with Crippen LogP contribution in [0.15, 0.2) is 48.7 Å². The van der Waals surface area contributed by atoms with Crippen molar-refractivity contribution >= 4 is 11.5 Å². The highest BCUT2D eigenvalue weighted by molar-refractivity contribution is 5.78. The second-order valence-electron chi connectivity index (χ2n) is 3.97. The van der Waals surface area contributed by atoms with Gasteiger partial charge in [-0.3, -0.25) is 4.40 Å². The molecule has 0 aliphatic rings. The minimum absolute atomic E-state index is 0.620. The Bertz CT molecular complexity index is 703. The average molecular weight is 239 g/mol. The molecule has 0 amide bonds. The molecule has 0 unspecified atom stereocenters. The van der Waals surface area contributed by atoms with Crippen LogP contribution < -0.4 is 10.5 Å². The lowest BCUT2D eigenvalue weighted by molar-refractivity contribution is 0.416.